The van der Waals surface area contributed by atoms with E-state index in [0.717, 1.165) is 24.3 Å². The highest BCUT2D eigenvalue weighted by atomic mass is 19.1. The normalized spacial score (nSPS) is 10.3. The van der Waals surface area contributed by atoms with Gasteiger partial charge in [-0.2, -0.15) is 0 Å². The molecule has 2 rings (SSSR count). The molecule has 2 aromatic rings. The van der Waals surface area contributed by atoms with Crippen LogP contribution in [-0.2, 0) is 0 Å². The van der Waals surface area contributed by atoms with Gasteiger partial charge in [0.05, 0.1) is 16.7 Å². The van der Waals surface area contributed by atoms with E-state index < -0.39 is 16.6 Å². The molecule has 5 nitrogen and oxygen atoms in total. The molecule has 18 heavy (non-hydrogen) atoms. The van der Waals surface area contributed by atoms with E-state index >= 15 is 0 Å². The van der Waals surface area contributed by atoms with Gasteiger partial charge in [-0.05, 0) is 12.1 Å². The highest BCUT2D eigenvalue weighted by Crippen LogP contribution is 2.25. The lowest BCUT2D eigenvalue weighted by molar-refractivity contribution is -0.384. The number of nitrogen functional groups attached to an aromatic ring is 1. The summed E-state index contributed by atoms with van der Waals surface area (Å²) in [5.41, 5.74) is 5.25. The topological polar surface area (TPSA) is 82.0 Å². The van der Waals surface area contributed by atoms with Gasteiger partial charge in [0.1, 0.15) is 17.5 Å². The molecule has 92 valence electrons. The van der Waals surface area contributed by atoms with Crippen molar-refractivity contribution in [2.75, 3.05) is 5.73 Å². The molecule has 1 aromatic carbocycles. The van der Waals surface area contributed by atoms with Crippen molar-refractivity contribution in [3.05, 3.63) is 52.1 Å². The number of hydrogen-bond acceptors (Lipinski definition) is 4. The van der Waals surface area contributed by atoms with Crippen molar-refractivity contribution in [1.29, 1.82) is 0 Å². The van der Waals surface area contributed by atoms with Gasteiger partial charge >= 0.3 is 0 Å². The van der Waals surface area contributed by atoms with Crippen LogP contribution in [0.2, 0.25) is 0 Å². The van der Waals surface area contributed by atoms with Crippen molar-refractivity contribution in [3.63, 3.8) is 0 Å². The summed E-state index contributed by atoms with van der Waals surface area (Å²) in [6, 6.07) is 4.91. The highest BCUT2D eigenvalue weighted by molar-refractivity contribution is 5.64. The van der Waals surface area contributed by atoms with Crippen molar-refractivity contribution < 1.29 is 13.7 Å². The van der Waals surface area contributed by atoms with Gasteiger partial charge in [-0.1, -0.05) is 0 Å². The number of hydrogen-bond donors (Lipinski definition) is 1. The summed E-state index contributed by atoms with van der Waals surface area (Å²) < 4.78 is 26.1. The van der Waals surface area contributed by atoms with Crippen LogP contribution in [0.15, 0.2) is 30.3 Å². The summed E-state index contributed by atoms with van der Waals surface area (Å²) in [6.07, 6.45) is 0. The van der Waals surface area contributed by atoms with Crippen LogP contribution in [0.25, 0.3) is 11.3 Å². The van der Waals surface area contributed by atoms with Gasteiger partial charge in [-0.25, -0.2) is 13.8 Å². The molecule has 0 bridgehead atoms. The molecule has 0 saturated heterocycles. The fourth-order valence-electron chi connectivity index (χ4n) is 1.49. The third-order valence-electron chi connectivity index (χ3n) is 2.20. The summed E-state index contributed by atoms with van der Waals surface area (Å²) in [7, 11) is 0. The van der Waals surface area contributed by atoms with E-state index in [-0.39, 0.29) is 22.8 Å². The molecule has 7 heteroatoms. The minimum atomic E-state index is -0.795. The van der Waals surface area contributed by atoms with Crippen molar-refractivity contribution >= 4 is 11.5 Å². The fraction of sp³-hybridized carbons (Fsp3) is 0. The third-order valence-corrected chi connectivity index (χ3v) is 2.20. The number of nitrogens with two attached hydrogens (primary N) is 1. The van der Waals surface area contributed by atoms with E-state index in [1.54, 1.807) is 0 Å². The molecule has 0 radical (unpaired) electrons. The lowest BCUT2D eigenvalue weighted by atomic mass is 10.1. The molecule has 0 aliphatic rings. The number of pyridine rings is 1. The quantitative estimate of drug-likeness (QED) is 0.656. The van der Waals surface area contributed by atoms with E-state index in [1.807, 2.05) is 0 Å². The monoisotopic (exact) mass is 251 g/mol. The first-order chi connectivity index (χ1) is 8.45. The largest absolute Gasteiger partial charge is 0.383 e. The second-order valence-corrected chi connectivity index (χ2v) is 3.55. The lowest BCUT2D eigenvalue weighted by Gasteiger charge is -2.03. The molecule has 0 saturated carbocycles. The van der Waals surface area contributed by atoms with E-state index in [2.05, 4.69) is 4.98 Å². The summed E-state index contributed by atoms with van der Waals surface area (Å²) in [5.74, 6) is -1.68. The second-order valence-electron chi connectivity index (χ2n) is 3.55. The lowest BCUT2D eigenvalue weighted by Crippen LogP contribution is -1.97. The Morgan fingerprint density at radius 2 is 1.72 bits per heavy atom. The van der Waals surface area contributed by atoms with Gasteiger partial charge in [0.25, 0.3) is 5.69 Å². The minimum Gasteiger partial charge on any atom is -0.383 e. The van der Waals surface area contributed by atoms with Gasteiger partial charge in [0, 0.05) is 17.7 Å². The van der Waals surface area contributed by atoms with Crippen LogP contribution in [-0.4, -0.2) is 9.91 Å². The first-order valence-corrected chi connectivity index (χ1v) is 4.84. The SMILES string of the molecule is Nc1cc([N+](=O)[O-])cc(-c2cc(F)cc(F)c2)n1. The third kappa shape index (κ3) is 2.40. The predicted octanol–water partition coefficient (Wildman–Crippen LogP) is 2.52. The van der Waals surface area contributed by atoms with Crippen molar-refractivity contribution in [1.82, 2.24) is 4.98 Å². The Morgan fingerprint density at radius 3 is 2.28 bits per heavy atom. The first-order valence-electron chi connectivity index (χ1n) is 4.84. The zero-order chi connectivity index (χ0) is 13.3. The number of nitrogens with zero attached hydrogens (tertiary/aromatic N) is 2. The van der Waals surface area contributed by atoms with E-state index in [1.165, 1.54) is 0 Å². The molecule has 0 spiro atoms. The van der Waals surface area contributed by atoms with Gasteiger partial charge in [-0.3, -0.25) is 10.1 Å². The number of nitro groups is 1. The average molecular weight is 251 g/mol. The summed E-state index contributed by atoms with van der Waals surface area (Å²) in [4.78, 5) is 13.8. The maximum absolute atomic E-state index is 13.0. The summed E-state index contributed by atoms with van der Waals surface area (Å²) >= 11 is 0. The number of rotatable bonds is 2. The zero-order valence-corrected chi connectivity index (χ0v) is 8.93. The van der Waals surface area contributed by atoms with Gasteiger partial charge < -0.3 is 5.73 Å². The highest BCUT2D eigenvalue weighted by Gasteiger charge is 2.12. The molecule has 0 unspecified atom stereocenters. The molecule has 0 aliphatic carbocycles. The first kappa shape index (κ1) is 11.9. The van der Waals surface area contributed by atoms with Crippen LogP contribution in [0.4, 0.5) is 20.3 Å². The zero-order valence-electron chi connectivity index (χ0n) is 8.93. The number of anilines is 1. The molecule has 0 atom stereocenters. The number of benzene rings is 1. The smallest absolute Gasteiger partial charge is 0.275 e. The van der Waals surface area contributed by atoms with Gasteiger partial charge in [-0.15, -0.1) is 0 Å². The maximum Gasteiger partial charge on any atom is 0.275 e. The molecule has 0 fully saturated rings. The molecule has 1 heterocycles. The van der Waals surface area contributed by atoms with Crippen LogP contribution in [0.1, 0.15) is 0 Å². The molecule has 0 aliphatic heterocycles. The second kappa shape index (κ2) is 4.36. The minimum absolute atomic E-state index is 0.0418. The van der Waals surface area contributed by atoms with Crippen molar-refractivity contribution in [3.8, 4) is 11.3 Å². The van der Waals surface area contributed by atoms with Crippen LogP contribution < -0.4 is 5.73 Å². The Kier molecular flexibility index (Phi) is 2.88. The predicted molar refractivity (Wildman–Crippen MR) is 60.7 cm³/mol. The standard InChI is InChI=1S/C11H7F2N3O2/c12-7-1-6(2-8(13)3-7)10-4-9(16(17)18)5-11(14)15-10/h1-5H,(H2,14,15). The molecule has 1 aromatic heterocycles. The fourth-order valence-corrected chi connectivity index (χ4v) is 1.49. The Bertz CT molecular complexity index is 611. The van der Waals surface area contributed by atoms with Crippen molar-refractivity contribution in [2.45, 2.75) is 0 Å². The maximum atomic E-state index is 13.0. The number of aromatic nitrogens is 1. The van der Waals surface area contributed by atoms with Gasteiger partial charge in [0.15, 0.2) is 0 Å². The average Bonchev–Trinajstić information content (AvgIpc) is 2.26. The Morgan fingerprint density at radius 1 is 1.11 bits per heavy atom. The molecular weight excluding hydrogens is 244 g/mol. The van der Waals surface area contributed by atoms with Crippen LogP contribution >= 0.6 is 0 Å². The van der Waals surface area contributed by atoms with Crippen molar-refractivity contribution in [2.24, 2.45) is 0 Å². The van der Waals surface area contributed by atoms with Gasteiger partial charge in [0.2, 0.25) is 0 Å². The van der Waals surface area contributed by atoms with Crippen LogP contribution in [0.5, 0.6) is 0 Å². The van der Waals surface area contributed by atoms with E-state index in [9.17, 15) is 18.9 Å². The number of halogens is 2. The van der Waals surface area contributed by atoms with Crippen LogP contribution in [0, 0.1) is 21.7 Å². The van der Waals surface area contributed by atoms with E-state index in [4.69, 9.17) is 5.73 Å². The Balaban J connectivity index is 2.59. The Labute approximate surface area is 100 Å². The van der Waals surface area contributed by atoms with Crippen LogP contribution in [0.3, 0.4) is 0 Å². The molecule has 2 N–H and O–H groups in total. The van der Waals surface area contributed by atoms with E-state index in [0.29, 0.717) is 6.07 Å². The summed E-state index contributed by atoms with van der Waals surface area (Å²) in [5, 5.41) is 10.6. The Hall–Kier alpha value is -2.57. The summed E-state index contributed by atoms with van der Waals surface area (Å²) in [6.45, 7) is 0. The molecule has 0 amide bonds. The molecular formula is C11H7F2N3O2.